The fourth-order valence-corrected chi connectivity index (χ4v) is 4.87. The van der Waals surface area contributed by atoms with Gasteiger partial charge in [-0.2, -0.15) is 0 Å². The number of halogens is 1. The van der Waals surface area contributed by atoms with E-state index in [0.29, 0.717) is 18.7 Å². The second kappa shape index (κ2) is 8.28. The third kappa shape index (κ3) is 5.44. The first-order valence-electron chi connectivity index (χ1n) is 8.72. The van der Waals surface area contributed by atoms with Gasteiger partial charge in [0.05, 0.1) is 5.75 Å². The first kappa shape index (κ1) is 19.7. The van der Waals surface area contributed by atoms with Crippen molar-refractivity contribution in [1.82, 2.24) is 19.6 Å². The van der Waals surface area contributed by atoms with Crippen molar-refractivity contribution in [2.45, 2.75) is 11.8 Å². The first-order valence-corrected chi connectivity index (χ1v) is 10.4. The van der Waals surface area contributed by atoms with Crippen LogP contribution in [-0.2, 0) is 15.8 Å². The second-order valence-corrected chi connectivity index (χ2v) is 8.86. The van der Waals surface area contributed by atoms with Crippen LogP contribution in [0.2, 0.25) is 0 Å². The molecule has 1 aromatic heterocycles. The van der Waals surface area contributed by atoms with E-state index in [-0.39, 0.29) is 17.7 Å². The van der Waals surface area contributed by atoms with Crippen molar-refractivity contribution < 1.29 is 12.8 Å². The van der Waals surface area contributed by atoms with Crippen LogP contribution >= 0.6 is 0 Å². The molecule has 0 bridgehead atoms. The predicted octanol–water partition coefficient (Wildman–Crippen LogP) is 1.10. The van der Waals surface area contributed by atoms with E-state index in [2.05, 4.69) is 19.6 Å². The van der Waals surface area contributed by atoms with Crippen molar-refractivity contribution in [1.29, 1.82) is 0 Å². The molecular formula is C18H24FN5O2S. The average molecular weight is 393 g/mol. The highest BCUT2D eigenvalue weighted by molar-refractivity contribution is 7.88. The van der Waals surface area contributed by atoms with E-state index >= 15 is 0 Å². The number of rotatable bonds is 7. The second-order valence-electron chi connectivity index (χ2n) is 7.11. The van der Waals surface area contributed by atoms with Crippen LogP contribution in [0.15, 0.2) is 42.9 Å². The van der Waals surface area contributed by atoms with E-state index in [1.807, 2.05) is 25.1 Å². The molecule has 0 aliphatic carbocycles. The fraction of sp³-hybridized carbons (Fsp3) is 0.444. The van der Waals surface area contributed by atoms with E-state index in [0.717, 1.165) is 12.4 Å². The fourth-order valence-electron chi connectivity index (χ4n) is 3.44. The van der Waals surface area contributed by atoms with Gasteiger partial charge in [-0.15, -0.1) is 0 Å². The predicted molar refractivity (Wildman–Crippen MR) is 102 cm³/mol. The summed E-state index contributed by atoms with van der Waals surface area (Å²) in [6.07, 6.45) is 3.16. The molecule has 1 aliphatic rings. The van der Waals surface area contributed by atoms with E-state index in [1.165, 1.54) is 24.5 Å². The van der Waals surface area contributed by atoms with Crippen LogP contribution in [0.5, 0.6) is 0 Å². The van der Waals surface area contributed by atoms with Gasteiger partial charge >= 0.3 is 0 Å². The molecule has 1 saturated heterocycles. The minimum Gasteiger partial charge on any atom is -0.355 e. The highest BCUT2D eigenvalue weighted by Crippen LogP contribution is 2.23. The highest BCUT2D eigenvalue weighted by atomic mass is 32.2. The maximum Gasteiger partial charge on any atom is 0.216 e. The third-order valence-corrected chi connectivity index (χ3v) is 5.88. The van der Waals surface area contributed by atoms with Gasteiger partial charge in [0.25, 0.3) is 0 Å². The van der Waals surface area contributed by atoms with Crippen molar-refractivity contribution in [3.63, 3.8) is 0 Å². The minimum absolute atomic E-state index is 0.109. The minimum atomic E-state index is -3.60. The average Bonchev–Trinajstić information content (AvgIpc) is 2.96. The van der Waals surface area contributed by atoms with Crippen molar-refractivity contribution in [2.75, 3.05) is 38.6 Å². The molecule has 2 aromatic rings. The van der Waals surface area contributed by atoms with Gasteiger partial charge in [-0.3, -0.25) is 0 Å². The lowest BCUT2D eigenvalue weighted by Gasteiger charge is -2.22. The molecule has 1 fully saturated rings. The molecule has 1 N–H and O–H groups in total. The molecule has 1 aromatic carbocycles. The topological polar surface area (TPSA) is 78.4 Å². The number of nitrogens with zero attached hydrogens (tertiary/aromatic N) is 4. The molecule has 3 rings (SSSR count). The maximum absolute atomic E-state index is 13.4. The largest absolute Gasteiger partial charge is 0.355 e. The lowest BCUT2D eigenvalue weighted by Crippen LogP contribution is -2.43. The SMILES string of the molecule is CN(C)C[C@@H]1CN(c2ccncn2)C[C@H]1NS(=O)(=O)Cc1cccc(F)c1. The Labute approximate surface area is 159 Å². The van der Waals surface area contributed by atoms with Gasteiger partial charge in [0.2, 0.25) is 10.0 Å². The highest BCUT2D eigenvalue weighted by Gasteiger charge is 2.36. The monoisotopic (exact) mass is 393 g/mol. The van der Waals surface area contributed by atoms with Gasteiger partial charge in [0, 0.05) is 37.8 Å². The number of nitrogens with one attached hydrogen (secondary N) is 1. The van der Waals surface area contributed by atoms with Crippen molar-refractivity contribution in [3.05, 3.63) is 54.2 Å². The molecule has 7 nitrogen and oxygen atoms in total. The van der Waals surface area contributed by atoms with Crippen LogP contribution in [0.25, 0.3) is 0 Å². The normalized spacial score (nSPS) is 20.4. The number of hydrogen-bond donors (Lipinski definition) is 1. The molecule has 0 spiro atoms. The van der Waals surface area contributed by atoms with Crippen LogP contribution in [-0.4, -0.2) is 63.1 Å². The molecule has 9 heteroatoms. The van der Waals surface area contributed by atoms with Crippen LogP contribution < -0.4 is 9.62 Å². The number of hydrogen-bond acceptors (Lipinski definition) is 6. The molecular weight excluding hydrogens is 369 g/mol. The summed E-state index contributed by atoms with van der Waals surface area (Å²) < 4.78 is 41.5. The van der Waals surface area contributed by atoms with Crippen molar-refractivity contribution >= 4 is 15.8 Å². The number of aromatic nitrogens is 2. The van der Waals surface area contributed by atoms with Crippen LogP contribution in [0.4, 0.5) is 10.2 Å². The van der Waals surface area contributed by atoms with Gasteiger partial charge in [0.1, 0.15) is 18.0 Å². The first-order chi connectivity index (χ1) is 12.8. The lowest BCUT2D eigenvalue weighted by atomic mass is 10.0. The van der Waals surface area contributed by atoms with E-state index in [1.54, 1.807) is 12.3 Å². The summed E-state index contributed by atoms with van der Waals surface area (Å²) in [6, 6.07) is 7.24. The zero-order chi connectivity index (χ0) is 19.4. The quantitative estimate of drug-likeness (QED) is 0.759. The summed E-state index contributed by atoms with van der Waals surface area (Å²) in [5, 5.41) is 0. The summed E-state index contributed by atoms with van der Waals surface area (Å²) in [4.78, 5) is 12.3. The Hall–Kier alpha value is -2.10. The summed E-state index contributed by atoms with van der Waals surface area (Å²) in [6.45, 7) is 1.97. The number of sulfonamides is 1. The number of anilines is 1. The Balaban J connectivity index is 1.73. The molecule has 0 radical (unpaired) electrons. The summed E-state index contributed by atoms with van der Waals surface area (Å²) in [5.41, 5.74) is 0.428. The molecule has 27 heavy (non-hydrogen) atoms. The maximum atomic E-state index is 13.4. The lowest BCUT2D eigenvalue weighted by molar-refractivity contribution is 0.315. The molecule has 0 amide bonds. The zero-order valence-electron chi connectivity index (χ0n) is 15.4. The standard InChI is InChI=1S/C18H24FN5O2S/c1-23(2)9-15-10-24(18-6-7-20-13-21-18)11-17(15)22-27(25,26)12-14-4-3-5-16(19)8-14/h3-8,13,15,17,22H,9-12H2,1-2H3/t15-,17-/m1/s1. The molecule has 2 atom stereocenters. The van der Waals surface area contributed by atoms with E-state index in [4.69, 9.17) is 0 Å². The Morgan fingerprint density at radius 2 is 2.11 bits per heavy atom. The van der Waals surface area contributed by atoms with Crippen LogP contribution in [0, 0.1) is 11.7 Å². The summed E-state index contributed by atoms with van der Waals surface area (Å²) in [7, 11) is 0.324. The molecule has 0 unspecified atom stereocenters. The van der Waals surface area contributed by atoms with Crippen molar-refractivity contribution in [2.24, 2.45) is 5.92 Å². The summed E-state index contributed by atoms with van der Waals surface area (Å²) >= 11 is 0. The van der Waals surface area contributed by atoms with E-state index < -0.39 is 15.8 Å². The third-order valence-electron chi connectivity index (χ3n) is 4.51. The van der Waals surface area contributed by atoms with Crippen LogP contribution in [0.1, 0.15) is 5.56 Å². The Morgan fingerprint density at radius 3 is 2.78 bits per heavy atom. The Bertz CT molecular complexity index is 863. The molecule has 1 aliphatic heterocycles. The zero-order valence-corrected chi connectivity index (χ0v) is 16.2. The molecule has 2 heterocycles. The van der Waals surface area contributed by atoms with Crippen LogP contribution in [0.3, 0.4) is 0 Å². The molecule has 0 saturated carbocycles. The summed E-state index contributed by atoms with van der Waals surface area (Å²) in [5.74, 6) is 0.200. The Morgan fingerprint density at radius 1 is 1.30 bits per heavy atom. The van der Waals surface area contributed by atoms with Gasteiger partial charge in [-0.25, -0.2) is 27.5 Å². The van der Waals surface area contributed by atoms with Crippen molar-refractivity contribution in [3.8, 4) is 0 Å². The number of benzene rings is 1. The van der Waals surface area contributed by atoms with Gasteiger partial charge in [-0.05, 0) is 37.9 Å². The van der Waals surface area contributed by atoms with Gasteiger partial charge in [-0.1, -0.05) is 12.1 Å². The van der Waals surface area contributed by atoms with E-state index in [9.17, 15) is 12.8 Å². The Kier molecular flexibility index (Phi) is 6.03. The smallest absolute Gasteiger partial charge is 0.216 e. The van der Waals surface area contributed by atoms with Gasteiger partial charge in [0.15, 0.2) is 0 Å². The van der Waals surface area contributed by atoms with Gasteiger partial charge < -0.3 is 9.80 Å². The molecule has 146 valence electrons.